The third kappa shape index (κ3) is 2.06. The van der Waals surface area contributed by atoms with E-state index in [2.05, 4.69) is 4.98 Å². The Morgan fingerprint density at radius 2 is 1.85 bits per heavy atom. The number of aromatic nitrogens is 1. The number of halogens is 1. The van der Waals surface area contributed by atoms with E-state index in [9.17, 15) is 4.39 Å². The van der Waals surface area contributed by atoms with Crippen LogP contribution in [-0.4, -0.2) is 4.98 Å². The van der Waals surface area contributed by atoms with Crippen LogP contribution in [0.2, 0.25) is 0 Å². The summed E-state index contributed by atoms with van der Waals surface area (Å²) in [6.07, 6.45) is 3.56. The molecule has 2 aromatic carbocycles. The van der Waals surface area contributed by atoms with Crippen LogP contribution in [0.5, 0.6) is 0 Å². The lowest BCUT2D eigenvalue weighted by Gasteiger charge is -2.27. The quantitative estimate of drug-likeness (QED) is 0.769. The van der Waals surface area contributed by atoms with Crippen molar-refractivity contribution in [1.29, 1.82) is 0 Å². The predicted octanol–water partition coefficient (Wildman–Crippen LogP) is 3.60. The van der Waals surface area contributed by atoms with E-state index < -0.39 is 5.54 Å². The maximum Gasteiger partial charge on any atom is 0.123 e. The van der Waals surface area contributed by atoms with Crippen LogP contribution >= 0.6 is 0 Å². The fourth-order valence-electron chi connectivity index (χ4n) is 2.50. The van der Waals surface area contributed by atoms with Gasteiger partial charge in [0.25, 0.3) is 0 Å². The number of fused-ring (bicyclic) bond motifs is 1. The average molecular weight is 266 g/mol. The third-order valence-corrected chi connectivity index (χ3v) is 3.65. The average Bonchev–Trinajstić information content (AvgIpc) is 2.46. The highest BCUT2D eigenvalue weighted by atomic mass is 19.1. The van der Waals surface area contributed by atoms with Crippen LogP contribution in [0.4, 0.5) is 4.39 Å². The summed E-state index contributed by atoms with van der Waals surface area (Å²) < 4.78 is 13.5. The van der Waals surface area contributed by atoms with Gasteiger partial charge in [0.15, 0.2) is 0 Å². The second-order valence-corrected chi connectivity index (χ2v) is 5.12. The van der Waals surface area contributed by atoms with Gasteiger partial charge in [-0.25, -0.2) is 4.39 Å². The van der Waals surface area contributed by atoms with Crippen LogP contribution in [0.15, 0.2) is 60.9 Å². The highest BCUT2D eigenvalue weighted by molar-refractivity contribution is 5.86. The predicted molar refractivity (Wildman–Crippen MR) is 78.8 cm³/mol. The molecular weight excluding hydrogens is 251 g/mol. The van der Waals surface area contributed by atoms with Gasteiger partial charge in [-0.1, -0.05) is 36.4 Å². The van der Waals surface area contributed by atoms with Gasteiger partial charge in [-0.3, -0.25) is 4.98 Å². The minimum absolute atomic E-state index is 0.285. The first-order valence-corrected chi connectivity index (χ1v) is 6.47. The van der Waals surface area contributed by atoms with Crippen LogP contribution in [0.3, 0.4) is 0 Å². The van der Waals surface area contributed by atoms with Gasteiger partial charge in [0.2, 0.25) is 0 Å². The molecule has 3 rings (SSSR count). The van der Waals surface area contributed by atoms with Crippen molar-refractivity contribution in [2.75, 3.05) is 0 Å². The van der Waals surface area contributed by atoms with E-state index in [-0.39, 0.29) is 5.82 Å². The molecule has 0 saturated heterocycles. The van der Waals surface area contributed by atoms with Gasteiger partial charge >= 0.3 is 0 Å². The molecular formula is C17H15FN2. The van der Waals surface area contributed by atoms with Crippen molar-refractivity contribution < 1.29 is 4.39 Å². The van der Waals surface area contributed by atoms with Crippen LogP contribution < -0.4 is 5.73 Å². The minimum atomic E-state index is -0.796. The first-order valence-electron chi connectivity index (χ1n) is 6.47. The van der Waals surface area contributed by atoms with E-state index >= 15 is 0 Å². The zero-order chi connectivity index (χ0) is 14.2. The molecule has 2 nitrogen and oxygen atoms in total. The van der Waals surface area contributed by atoms with Crippen molar-refractivity contribution in [3.63, 3.8) is 0 Å². The Labute approximate surface area is 117 Å². The van der Waals surface area contributed by atoms with Gasteiger partial charge in [0.1, 0.15) is 5.82 Å². The molecule has 0 amide bonds. The van der Waals surface area contributed by atoms with Crippen molar-refractivity contribution in [2.24, 2.45) is 5.73 Å². The highest BCUT2D eigenvalue weighted by Gasteiger charge is 2.26. The molecule has 3 heteroatoms. The van der Waals surface area contributed by atoms with Gasteiger partial charge in [-0.15, -0.1) is 0 Å². The number of benzene rings is 2. The standard InChI is InChI=1S/C17H15FN2/c1-17(19,13-6-4-7-14(18)9-13)16-11-20-10-12-5-2-3-8-15(12)16/h2-11H,19H2,1H3. The van der Waals surface area contributed by atoms with Gasteiger partial charge in [0.05, 0.1) is 5.54 Å². The lowest BCUT2D eigenvalue weighted by Crippen LogP contribution is -2.34. The zero-order valence-corrected chi connectivity index (χ0v) is 11.2. The molecule has 1 atom stereocenters. The lowest BCUT2D eigenvalue weighted by atomic mass is 9.84. The summed E-state index contributed by atoms with van der Waals surface area (Å²) in [5, 5.41) is 2.06. The van der Waals surface area contributed by atoms with Crippen LogP contribution in [0, 0.1) is 5.82 Å². The monoisotopic (exact) mass is 266 g/mol. The number of nitrogens with zero attached hydrogens (tertiary/aromatic N) is 1. The number of rotatable bonds is 2. The van der Waals surface area contributed by atoms with E-state index in [0.717, 1.165) is 21.9 Å². The molecule has 0 bridgehead atoms. The van der Waals surface area contributed by atoms with Gasteiger partial charge in [-0.05, 0) is 30.0 Å². The summed E-state index contributed by atoms with van der Waals surface area (Å²) >= 11 is 0. The van der Waals surface area contributed by atoms with Crippen molar-refractivity contribution in [2.45, 2.75) is 12.5 Å². The zero-order valence-electron chi connectivity index (χ0n) is 11.2. The van der Waals surface area contributed by atoms with Crippen molar-refractivity contribution in [3.8, 4) is 0 Å². The van der Waals surface area contributed by atoms with Crippen LogP contribution in [-0.2, 0) is 5.54 Å². The molecule has 0 fully saturated rings. The lowest BCUT2D eigenvalue weighted by molar-refractivity contribution is 0.583. The van der Waals surface area contributed by atoms with Gasteiger partial charge in [0, 0.05) is 23.3 Å². The summed E-state index contributed by atoms with van der Waals surface area (Å²) in [5.74, 6) is -0.285. The largest absolute Gasteiger partial charge is 0.318 e. The molecule has 3 aromatic rings. The summed E-state index contributed by atoms with van der Waals surface area (Å²) in [5.41, 5.74) is 7.31. The molecule has 0 radical (unpaired) electrons. The maximum atomic E-state index is 13.5. The summed E-state index contributed by atoms with van der Waals surface area (Å²) in [6.45, 7) is 1.88. The Bertz CT molecular complexity index is 760. The summed E-state index contributed by atoms with van der Waals surface area (Å²) in [7, 11) is 0. The normalized spacial score (nSPS) is 14.2. The Morgan fingerprint density at radius 3 is 2.65 bits per heavy atom. The van der Waals surface area contributed by atoms with E-state index in [4.69, 9.17) is 5.73 Å². The molecule has 1 unspecified atom stereocenters. The van der Waals surface area contributed by atoms with Crippen molar-refractivity contribution in [3.05, 3.63) is 77.9 Å². The number of pyridine rings is 1. The Hall–Kier alpha value is -2.26. The second-order valence-electron chi connectivity index (χ2n) is 5.12. The molecule has 1 heterocycles. The molecule has 2 N–H and O–H groups in total. The first-order chi connectivity index (χ1) is 9.59. The van der Waals surface area contributed by atoms with Gasteiger partial charge in [-0.2, -0.15) is 0 Å². The van der Waals surface area contributed by atoms with Crippen LogP contribution in [0.25, 0.3) is 10.8 Å². The van der Waals surface area contributed by atoms with E-state index in [1.165, 1.54) is 12.1 Å². The Balaban J connectivity index is 2.23. The smallest absolute Gasteiger partial charge is 0.123 e. The van der Waals surface area contributed by atoms with E-state index in [1.54, 1.807) is 18.5 Å². The van der Waals surface area contributed by atoms with E-state index in [1.807, 2.05) is 37.3 Å². The third-order valence-electron chi connectivity index (χ3n) is 3.65. The van der Waals surface area contributed by atoms with Crippen molar-refractivity contribution in [1.82, 2.24) is 4.98 Å². The van der Waals surface area contributed by atoms with E-state index in [0.29, 0.717) is 0 Å². The van der Waals surface area contributed by atoms with Gasteiger partial charge < -0.3 is 5.73 Å². The number of nitrogens with two attached hydrogens (primary N) is 1. The maximum absolute atomic E-state index is 13.5. The molecule has 1 aromatic heterocycles. The fraction of sp³-hybridized carbons (Fsp3) is 0.118. The fourth-order valence-corrected chi connectivity index (χ4v) is 2.50. The number of hydrogen-bond acceptors (Lipinski definition) is 2. The molecule has 20 heavy (non-hydrogen) atoms. The Morgan fingerprint density at radius 1 is 1.05 bits per heavy atom. The Kier molecular flexibility index (Phi) is 2.99. The molecule has 0 aliphatic rings. The molecule has 0 aliphatic carbocycles. The number of hydrogen-bond donors (Lipinski definition) is 1. The topological polar surface area (TPSA) is 38.9 Å². The highest BCUT2D eigenvalue weighted by Crippen LogP contribution is 2.31. The summed E-state index contributed by atoms with van der Waals surface area (Å²) in [6, 6.07) is 14.3. The molecule has 0 spiro atoms. The molecule has 0 saturated carbocycles. The SMILES string of the molecule is CC(N)(c1cccc(F)c1)c1cncc2ccccc12. The van der Waals surface area contributed by atoms with Crippen LogP contribution in [0.1, 0.15) is 18.1 Å². The molecule has 100 valence electrons. The molecule has 0 aliphatic heterocycles. The second kappa shape index (κ2) is 4.69. The van der Waals surface area contributed by atoms with Crippen molar-refractivity contribution >= 4 is 10.8 Å². The summed E-state index contributed by atoms with van der Waals surface area (Å²) in [4.78, 5) is 4.25. The first kappa shape index (κ1) is 12.8. The minimum Gasteiger partial charge on any atom is -0.318 e.